The predicted octanol–water partition coefficient (Wildman–Crippen LogP) is 3.49. The quantitative estimate of drug-likeness (QED) is 0.482. The monoisotopic (exact) mass is 418 g/mol. The Morgan fingerprint density at radius 1 is 0.968 bits per heavy atom. The van der Waals surface area contributed by atoms with E-state index in [0.717, 1.165) is 36.7 Å². The minimum Gasteiger partial charge on any atom is -0.467 e. The Kier molecular flexibility index (Phi) is 5.00. The highest BCUT2D eigenvalue weighted by molar-refractivity contribution is 5.95. The summed E-state index contributed by atoms with van der Waals surface area (Å²) < 4.78 is 6.96. The third-order valence-corrected chi connectivity index (χ3v) is 7.02. The molecule has 6 nitrogen and oxygen atoms in total. The number of amides is 1. The number of ether oxygens (including phenoxy) is 1. The molecule has 0 N–H and O–H groups in total. The van der Waals surface area contributed by atoms with Crippen LogP contribution in [-0.4, -0.2) is 40.5 Å². The number of para-hydroxylation sites is 2. The fraction of sp³-hybridized carbons (Fsp3) is 0.400. The lowest BCUT2D eigenvalue weighted by Gasteiger charge is -2.33. The largest absolute Gasteiger partial charge is 0.467 e. The number of hydrogen-bond donors (Lipinski definition) is 0. The highest BCUT2D eigenvalue weighted by Crippen LogP contribution is 2.40. The predicted molar refractivity (Wildman–Crippen MR) is 119 cm³/mol. The van der Waals surface area contributed by atoms with Gasteiger partial charge in [0.1, 0.15) is 12.6 Å². The number of hydrogen-bond acceptors (Lipinski definition) is 4. The van der Waals surface area contributed by atoms with Gasteiger partial charge in [-0.3, -0.25) is 9.59 Å². The Morgan fingerprint density at radius 3 is 2.23 bits per heavy atom. The van der Waals surface area contributed by atoms with Crippen LogP contribution in [0.3, 0.4) is 0 Å². The van der Waals surface area contributed by atoms with Crippen molar-refractivity contribution in [3.05, 3.63) is 58.8 Å². The normalized spacial score (nSPS) is 23.1. The fourth-order valence-corrected chi connectivity index (χ4v) is 5.63. The maximum Gasteiger partial charge on any atom is 0.328 e. The Morgan fingerprint density at radius 2 is 1.58 bits per heavy atom. The number of pyridine rings is 1. The standard InChI is InChI=1S/C25H26N2O4/c1-31-25(30)22-14-16-8-2-5-11-19(16)27(22)23(28)15-26-20-12-6-3-9-17(20)24(29)18-10-4-7-13-21(18)26/h3-4,6-7,9-10,12-13,16,19,22H,2,5,8,11,14-15H2,1H3/t16-,19-,22+/m1/s1. The lowest BCUT2D eigenvalue weighted by molar-refractivity contribution is -0.152. The van der Waals surface area contributed by atoms with Gasteiger partial charge in [-0.05, 0) is 49.4 Å². The van der Waals surface area contributed by atoms with Crippen molar-refractivity contribution in [2.75, 3.05) is 7.11 Å². The van der Waals surface area contributed by atoms with Crippen molar-refractivity contribution >= 4 is 33.7 Å². The zero-order valence-corrected chi connectivity index (χ0v) is 17.6. The molecule has 1 saturated carbocycles. The first-order valence-electron chi connectivity index (χ1n) is 11.0. The molecular formula is C25H26N2O4. The summed E-state index contributed by atoms with van der Waals surface area (Å²) >= 11 is 0. The first-order chi connectivity index (χ1) is 15.1. The average molecular weight is 418 g/mol. The number of aromatic nitrogens is 1. The van der Waals surface area contributed by atoms with Gasteiger partial charge in [0.15, 0.2) is 5.43 Å². The molecule has 2 aliphatic rings. The molecule has 1 aliphatic heterocycles. The third kappa shape index (κ3) is 3.21. The molecule has 2 heterocycles. The second kappa shape index (κ2) is 7.84. The molecule has 2 aromatic carbocycles. The van der Waals surface area contributed by atoms with Gasteiger partial charge >= 0.3 is 5.97 Å². The number of methoxy groups -OCH3 is 1. The summed E-state index contributed by atoms with van der Waals surface area (Å²) in [5.74, 6) is -0.0783. The van der Waals surface area contributed by atoms with Crippen molar-refractivity contribution in [3.8, 4) is 0 Å². The van der Waals surface area contributed by atoms with E-state index in [-0.39, 0.29) is 29.9 Å². The van der Waals surface area contributed by atoms with Crippen LogP contribution in [0.5, 0.6) is 0 Å². The van der Waals surface area contributed by atoms with Crippen molar-refractivity contribution in [2.24, 2.45) is 5.92 Å². The minimum absolute atomic E-state index is 0.0316. The fourth-order valence-electron chi connectivity index (χ4n) is 5.63. The van der Waals surface area contributed by atoms with Gasteiger partial charge in [0, 0.05) is 16.8 Å². The molecular weight excluding hydrogens is 392 g/mol. The number of likely N-dealkylation sites (tertiary alicyclic amines) is 1. The number of carbonyl (C=O) groups is 2. The zero-order chi connectivity index (χ0) is 21.5. The Bertz CT molecular complexity index is 1170. The van der Waals surface area contributed by atoms with Crippen LogP contribution in [0.25, 0.3) is 21.8 Å². The van der Waals surface area contributed by atoms with E-state index in [0.29, 0.717) is 23.1 Å². The second-order valence-corrected chi connectivity index (χ2v) is 8.64. The van der Waals surface area contributed by atoms with Crippen LogP contribution < -0.4 is 5.43 Å². The average Bonchev–Trinajstić information content (AvgIpc) is 3.21. The number of nitrogens with zero attached hydrogens (tertiary/aromatic N) is 2. The minimum atomic E-state index is -0.525. The first-order valence-corrected chi connectivity index (χ1v) is 11.0. The van der Waals surface area contributed by atoms with Gasteiger partial charge in [-0.15, -0.1) is 0 Å². The SMILES string of the molecule is COC(=O)[C@@H]1C[C@H]2CCCC[C@H]2N1C(=O)Cn1c2ccccc2c(=O)c2ccccc21. The number of benzene rings is 2. The van der Waals surface area contributed by atoms with Gasteiger partial charge in [0.05, 0.1) is 18.1 Å². The zero-order valence-electron chi connectivity index (χ0n) is 17.6. The Labute approximate surface area is 180 Å². The highest BCUT2D eigenvalue weighted by Gasteiger charge is 2.47. The lowest BCUT2D eigenvalue weighted by atomic mass is 9.85. The summed E-state index contributed by atoms with van der Waals surface area (Å²) in [6.07, 6.45) is 4.87. The van der Waals surface area contributed by atoms with Crippen LogP contribution in [0.15, 0.2) is 53.3 Å². The summed E-state index contributed by atoms with van der Waals surface area (Å²) in [5.41, 5.74) is 1.43. The van der Waals surface area contributed by atoms with E-state index < -0.39 is 6.04 Å². The van der Waals surface area contributed by atoms with Crippen molar-refractivity contribution < 1.29 is 14.3 Å². The molecule has 1 saturated heterocycles. The van der Waals surface area contributed by atoms with E-state index in [1.165, 1.54) is 7.11 Å². The van der Waals surface area contributed by atoms with Crippen molar-refractivity contribution in [3.63, 3.8) is 0 Å². The smallest absolute Gasteiger partial charge is 0.328 e. The molecule has 160 valence electrons. The number of rotatable bonds is 3. The molecule has 1 aromatic heterocycles. The van der Waals surface area contributed by atoms with Crippen molar-refractivity contribution in [2.45, 2.75) is 50.7 Å². The van der Waals surface area contributed by atoms with Crippen LogP contribution in [0.2, 0.25) is 0 Å². The van der Waals surface area contributed by atoms with Gasteiger partial charge in [0.2, 0.25) is 5.91 Å². The van der Waals surface area contributed by atoms with E-state index in [1.807, 2.05) is 41.0 Å². The molecule has 1 aliphatic carbocycles. The number of esters is 1. The Hall–Kier alpha value is -3.15. The molecule has 3 atom stereocenters. The molecule has 0 spiro atoms. The molecule has 0 radical (unpaired) electrons. The van der Waals surface area contributed by atoms with Crippen molar-refractivity contribution in [1.82, 2.24) is 9.47 Å². The molecule has 6 heteroatoms. The first kappa shape index (κ1) is 19.8. The van der Waals surface area contributed by atoms with Gasteiger partial charge < -0.3 is 14.2 Å². The second-order valence-electron chi connectivity index (χ2n) is 8.64. The molecule has 2 fully saturated rings. The molecule has 1 amide bonds. The van der Waals surface area contributed by atoms with E-state index in [2.05, 4.69) is 0 Å². The molecule has 5 rings (SSSR count). The van der Waals surface area contributed by atoms with Gasteiger partial charge in [0.25, 0.3) is 0 Å². The summed E-state index contributed by atoms with van der Waals surface area (Å²) in [6, 6.07) is 14.3. The maximum absolute atomic E-state index is 13.7. The highest BCUT2D eigenvalue weighted by atomic mass is 16.5. The lowest BCUT2D eigenvalue weighted by Crippen LogP contribution is -2.48. The van der Waals surface area contributed by atoms with E-state index in [9.17, 15) is 14.4 Å². The van der Waals surface area contributed by atoms with Crippen LogP contribution in [0.1, 0.15) is 32.1 Å². The third-order valence-electron chi connectivity index (χ3n) is 7.02. The molecule has 0 bridgehead atoms. The van der Waals surface area contributed by atoms with Gasteiger partial charge in [-0.25, -0.2) is 4.79 Å². The number of fused-ring (bicyclic) bond motifs is 3. The van der Waals surface area contributed by atoms with Crippen LogP contribution in [0.4, 0.5) is 0 Å². The van der Waals surface area contributed by atoms with Gasteiger partial charge in [-0.1, -0.05) is 37.1 Å². The summed E-state index contributed by atoms with van der Waals surface area (Å²) in [5, 5.41) is 1.19. The van der Waals surface area contributed by atoms with Gasteiger partial charge in [-0.2, -0.15) is 0 Å². The molecule has 31 heavy (non-hydrogen) atoms. The van der Waals surface area contributed by atoms with Crippen molar-refractivity contribution in [1.29, 1.82) is 0 Å². The molecule has 3 aromatic rings. The topological polar surface area (TPSA) is 68.6 Å². The Balaban J connectivity index is 1.60. The van der Waals surface area contributed by atoms with Crippen LogP contribution >= 0.6 is 0 Å². The van der Waals surface area contributed by atoms with E-state index >= 15 is 0 Å². The summed E-state index contributed by atoms with van der Waals surface area (Å²) in [6.45, 7) is 0.0814. The van der Waals surface area contributed by atoms with Crippen LogP contribution in [-0.2, 0) is 20.9 Å². The van der Waals surface area contributed by atoms with E-state index in [1.54, 1.807) is 17.0 Å². The van der Waals surface area contributed by atoms with Crippen LogP contribution in [0, 0.1) is 5.92 Å². The van der Waals surface area contributed by atoms with E-state index in [4.69, 9.17) is 4.74 Å². The summed E-state index contributed by atoms with van der Waals surface area (Å²) in [7, 11) is 1.38. The number of carbonyl (C=O) groups excluding carboxylic acids is 2. The molecule has 0 unspecified atom stereocenters. The maximum atomic E-state index is 13.7. The summed E-state index contributed by atoms with van der Waals surface area (Å²) in [4.78, 5) is 41.0.